The molecule has 4 heterocycles. The number of fused-ring (bicyclic) bond motifs is 1. The van der Waals surface area contributed by atoms with E-state index >= 15 is 0 Å². The minimum atomic E-state index is -4.20. The van der Waals surface area contributed by atoms with Gasteiger partial charge in [0.05, 0.1) is 35.9 Å². The highest BCUT2D eigenvalue weighted by Gasteiger charge is 2.44. The molecule has 41 heavy (non-hydrogen) atoms. The molecule has 3 aromatic heterocycles. The summed E-state index contributed by atoms with van der Waals surface area (Å²) in [6.07, 6.45) is 3.33. The molecule has 4 N–H and O–H groups in total. The number of hydrogen-bond donors (Lipinski definition) is 4. The molecule has 1 aromatic carbocycles. The summed E-state index contributed by atoms with van der Waals surface area (Å²) in [5.41, 5.74) is 0.591. The van der Waals surface area contributed by atoms with Gasteiger partial charge in [0.2, 0.25) is 6.41 Å². The molecule has 1 aliphatic heterocycles. The average Bonchev–Trinajstić information content (AvgIpc) is 3.78. The number of imidazole rings is 1. The van der Waals surface area contributed by atoms with Gasteiger partial charge in [0.1, 0.15) is 18.3 Å². The van der Waals surface area contributed by atoms with Crippen LogP contribution >= 0.6 is 0 Å². The number of amides is 1. The average molecular weight is 585 g/mol. The molecule has 2 fully saturated rings. The topological polar surface area (TPSA) is 198 Å². The second-order valence-electron chi connectivity index (χ2n) is 9.91. The van der Waals surface area contributed by atoms with Crippen molar-refractivity contribution >= 4 is 39.1 Å². The Kier molecular flexibility index (Phi) is 7.16. The molecule has 4 aromatic rings. The zero-order valence-electron chi connectivity index (χ0n) is 21.6. The number of nitrogens with zero attached hydrogens (tertiary/aromatic N) is 7. The molecule has 1 saturated heterocycles. The van der Waals surface area contributed by atoms with Crippen LogP contribution in [0.15, 0.2) is 53.9 Å². The first-order valence-electron chi connectivity index (χ1n) is 13.0. The van der Waals surface area contributed by atoms with Crippen molar-refractivity contribution in [3.05, 3.63) is 49.1 Å². The number of sulfonamides is 1. The number of aliphatic hydroxyl groups is 3. The standard InChI is InChI=1S/C25H28N8O7S/c34-12-18-20(36)21(37)24(40-18)31-13-26-19-22(28-15-6-4-5-7-15)29-25(30-23(19)31)32-11-16(10-27-32)33(14-35)41(38,39)17-8-2-1-3-9-17/h1-3,8-11,13-15,18,20-21,24,34,36-37H,4-7,12H2,(H,28,29,30)/t18-,20?,21?,24-/m1/s1. The molecule has 216 valence electrons. The number of aliphatic hydroxyl groups excluding tert-OH is 3. The zero-order valence-corrected chi connectivity index (χ0v) is 22.4. The fraction of sp³-hybridized carbons (Fsp3) is 0.400. The first-order valence-corrected chi connectivity index (χ1v) is 14.5. The van der Waals surface area contributed by atoms with Crippen molar-refractivity contribution < 1.29 is 33.3 Å². The van der Waals surface area contributed by atoms with Gasteiger partial charge >= 0.3 is 0 Å². The third kappa shape index (κ3) is 4.82. The molecular formula is C25H28N8O7S. The number of carbonyl (C=O) groups is 1. The quantitative estimate of drug-likeness (QED) is 0.197. The maximum atomic E-state index is 13.1. The van der Waals surface area contributed by atoms with Gasteiger partial charge in [-0.15, -0.1) is 0 Å². The van der Waals surface area contributed by atoms with Crippen LogP contribution in [0.5, 0.6) is 0 Å². The molecule has 1 aliphatic carbocycles. The first kappa shape index (κ1) is 27.2. The van der Waals surface area contributed by atoms with Crippen LogP contribution in [0.2, 0.25) is 0 Å². The Morgan fingerprint density at radius 3 is 2.56 bits per heavy atom. The van der Waals surface area contributed by atoms with Gasteiger partial charge in [-0.1, -0.05) is 31.0 Å². The molecular weight excluding hydrogens is 556 g/mol. The van der Waals surface area contributed by atoms with Gasteiger partial charge in [0, 0.05) is 6.04 Å². The SMILES string of the molecule is O=CN(c1cnn(-c2nc(NC3CCCC3)c3ncn([C@@H]4O[C@H](CO)C(O)C4O)c3n2)c1)S(=O)(=O)c1ccccc1. The minimum absolute atomic E-state index is 0.0284. The fourth-order valence-electron chi connectivity index (χ4n) is 5.17. The zero-order chi connectivity index (χ0) is 28.7. The van der Waals surface area contributed by atoms with Gasteiger partial charge in [-0.2, -0.15) is 15.1 Å². The van der Waals surface area contributed by atoms with Crippen LogP contribution in [0.3, 0.4) is 0 Å². The fourth-order valence-corrected chi connectivity index (χ4v) is 6.38. The summed E-state index contributed by atoms with van der Waals surface area (Å²) >= 11 is 0. The maximum absolute atomic E-state index is 13.1. The lowest BCUT2D eigenvalue weighted by Crippen LogP contribution is -2.33. The molecule has 15 nitrogen and oxygen atoms in total. The van der Waals surface area contributed by atoms with Gasteiger partial charge in [0.15, 0.2) is 23.2 Å². The number of benzene rings is 1. The van der Waals surface area contributed by atoms with Gasteiger partial charge in [-0.05, 0) is 25.0 Å². The predicted molar refractivity (Wildman–Crippen MR) is 144 cm³/mol. The lowest BCUT2D eigenvalue weighted by molar-refractivity contribution is -0.106. The van der Waals surface area contributed by atoms with Crippen molar-refractivity contribution in [2.24, 2.45) is 0 Å². The highest BCUT2D eigenvalue weighted by Crippen LogP contribution is 2.33. The van der Waals surface area contributed by atoms with E-state index < -0.39 is 41.2 Å². The van der Waals surface area contributed by atoms with Gasteiger partial charge in [0.25, 0.3) is 16.0 Å². The van der Waals surface area contributed by atoms with Crippen LogP contribution in [-0.2, 0) is 19.6 Å². The van der Waals surface area contributed by atoms with Gasteiger partial charge in [-0.25, -0.2) is 22.4 Å². The number of carbonyl (C=O) groups excluding carboxylic acids is 1. The third-order valence-corrected chi connectivity index (χ3v) is 9.00. The van der Waals surface area contributed by atoms with E-state index in [9.17, 15) is 28.5 Å². The van der Waals surface area contributed by atoms with Gasteiger partial charge < -0.3 is 25.4 Å². The lowest BCUT2D eigenvalue weighted by atomic mass is 10.1. The second-order valence-corrected chi connectivity index (χ2v) is 11.7. The van der Waals surface area contributed by atoms with Crippen molar-refractivity contribution in [1.82, 2.24) is 29.3 Å². The predicted octanol–water partition coefficient (Wildman–Crippen LogP) is 0.330. The molecule has 1 saturated carbocycles. The van der Waals surface area contributed by atoms with Crippen LogP contribution in [-0.4, -0.2) is 90.4 Å². The third-order valence-electron chi connectivity index (χ3n) is 7.32. The summed E-state index contributed by atoms with van der Waals surface area (Å²) in [7, 11) is -4.20. The van der Waals surface area contributed by atoms with E-state index in [1.807, 2.05) is 0 Å². The summed E-state index contributed by atoms with van der Waals surface area (Å²) in [5.74, 6) is 0.421. The number of anilines is 2. The number of ether oxygens (including phenoxy) is 1. The van der Waals surface area contributed by atoms with Crippen molar-refractivity contribution in [3.63, 3.8) is 0 Å². The van der Waals surface area contributed by atoms with E-state index in [1.165, 1.54) is 40.1 Å². The Hall–Kier alpha value is -3.96. The van der Waals surface area contributed by atoms with Gasteiger partial charge in [-0.3, -0.25) is 9.36 Å². The molecule has 1 amide bonds. The monoisotopic (exact) mass is 584 g/mol. The minimum Gasteiger partial charge on any atom is -0.394 e. The van der Waals surface area contributed by atoms with E-state index in [0.717, 1.165) is 25.7 Å². The largest absolute Gasteiger partial charge is 0.394 e. The lowest BCUT2D eigenvalue weighted by Gasteiger charge is -2.18. The molecule has 2 aliphatic rings. The van der Waals surface area contributed by atoms with Crippen LogP contribution in [0.25, 0.3) is 17.1 Å². The van der Waals surface area contributed by atoms with Crippen molar-refractivity contribution in [1.29, 1.82) is 0 Å². The molecule has 4 atom stereocenters. The number of aromatic nitrogens is 6. The Labute approximate surface area is 234 Å². The Morgan fingerprint density at radius 1 is 1.12 bits per heavy atom. The summed E-state index contributed by atoms with van der Waals surface area (Å²) in [5, 5.41) is 38.1. The van der Waals surface area contributed by atoms with Crippen LogP contribution < -0.4 is 9.62 Å². The van der Waals surface area contributed by atoms with E-state index in [4.69, 9.17) is 4.74 Å². The molecule has 16 heteroatoms. The normalized spacial score (nSPS) is 23.3. The summed E-state index contributed by atoms with van der Waals surface area (Å²) in [4.78, 5) is 25.5. The Morgan fingerprint density at radius 2 is 1.88 bits per heavy atom. The molecule has 0 bridgehead atoms. The van der Waals surface area contributed by atoms with Crippen LogP contribution in [0, 0.1) is 0 Å². The number of nitrogens with one attached hydrogen (secondary N) is 1. The highest BCUT2D eigenvalue weighted by atomic mass is 32.2. The summed E-state index contributed by atoms with van der Waals surface area (Å²) in [6.45, 7) is -0.495. The van der Waals surface area contributed by atoms with Crippen LogP contribution in [0.4, 0.5) is 11.5 Å². The highest BCUT2D eigenvalue weighted by molar-refractivity contribution is 7.93. The molecule has 2 unspecified atom stereocenters. The van der Waals surface area contributed by atoms with E-state index in [1.54, 1.807) is 18.2 Å². The maximum Gasteiger partial charge on any atom is 0.270 e. The van der Waals surface area contributed by atoms with Crippen molar-refractivity contribution in [2.75, 3.05) is 16.2 Å². The van der Waals surface area contributed by atoms with E-state index in [0.29, 0.717) is 15.6 Å². The molecule has 0 spiro atoms. The summed E-state index contributed by atoms with van der Waals surface area (Å²) in [6, 6.07) is 7.68. The second kappa shape index (κ2) is 10.8. The smallest absolute Gasteiger partial charge is 0.270 e. The Bertz CT molecular complexity index is 1650. The molecule has 0 radical (unpaired) electrons. The van der Waals surface area contributed by atoms with Crippen molar-refractivity contribution in [2.45, 2.75) is 61.2 Å². The van der Waals surface area contributed by atoms with E-state index in [-0.39, 0.29) is 34.6 Å². The first-order chi connectivity index (χ1) is 19.8. The Balaban J connectivity index is 1.42. The van der Waals surface area contributed by atoms with Crippen LogP contribution in [0.1, 0.15) is 31.9 Å². The number of hydrogen-bond acceptors (Lipinski definition) is 12. The van der Waals surface area contributed by atoms with Crippen molar-refractivity contribution in [3.8, 4) is 5.95 Å². The number of rotatable bonds is 9. The molecule has 6 rings (SSSR count). The summed E-state index contributed by atoms with van der Waals surface area (Å²) < 4.78 is 35.2. The van der Waals surface area contributed by atoms with E-state index in [2.05, 4.69) is 25.4 Å².